The lowest BCUT2D eigenvalue weighted by Crippen LogP contribution is -2.42. The highest BCUT2D eigenvalue weighted by Gasteiger charge is 2.23. The van der Waals surface area contributed by atoms with Gasteiger partial charge in [0, 0.05) is 11.4 Å². The van der Waals surface area contributed by atoms with Crippen molar-refractivity contribution < 1.29 is 14.3 Å². The van der Waals surface area contributed by atoms with E-state index in [0.717, 1.165) is 5.56 Å². The molecule has 0 aliphatic heterocycles. The molecule has 1 aromatic carbocycles. The monoisotopic (exact) mass is 297 g/mol. The fraction of sp³-hybridized carbons (Fsp3) is 0.467. The van der Waals surface area contributed by atoms with Crippen LogP contribution in [0.5, 0.6) is 0 Å². The standard InChI is InChI=1S/C15H20ClNO3/c1-10(2)7-13(15(19)20-3)17-14(18)12-6-4-5-11(8-12)9-16/h4-6,8,10,13H,7,9H2,1-3H3,(H,17,18). The van der Waals surface area contributed by atoms with Gasteiger partial charge >= 0.3 is 5.97 Å². The van der Waals surface area contributed by atoms with E-state index < -0.39 is 12.0 Å². The summed E-state index contributed by atoms with van der Waals surface area (Å²) < 4.78 is 4.72. The number of hydrogen-bond donors (Lipinski definition) is 1. The van der Waals surface area contributed by atoms with Gasteiger partial charge < -0.3 is 10.1 Å². The number of amides is 1. The van der Waals surface area contributed by atoms with E-state index in [1.54, 1.807) is 18.2 Å². The SMILES string of the molecule is COC(=O)C(CC(C)C)NC(=O)c1cccc(CCl)c1. The molecule has 0 aliphatic carbocycles. The highest BCUT2D eigenvalue weighted by molar-refractivity contribution is 6.17. The number of nitrogens with one attached hydrogen (secondary N) is 1. The Kier molecular flexibility index (Phi) is 6.52. The molecule has 1 aromatic rings. The predicted molar refractivity (Wildman–Crippen MR) is 78.7 cm³/mol. The molecule has 0 saturated heterocycles. The Labute approximate surface area is 124 Å². The first kappa shape index (κ1) is 16.5. The first-order valence-electron chi connectivity index (χ1n) is 6.51. The Hall–Kier alpha value is -1.55. The zero-order chi connectivity index (χ0) is 15.1. The Morgan fingerprint density at radius 3 is 2.60 bits per heavy atom. The number of ether oxygens (including phenoxy) is 1. The fourth-order valence-corrected chi connectivity index (χ4v) is 2.03. The van der Waals surface area contributed by atoms with Crippen LogP contribution in [0.1, 0.15) is 36.2 Å². The number of methoxy groups -OCH3 is 1. The Balaban J connectivity index is 2.81. The molecular weight excluding hydrogens is 278 g/mol. The average Bonchev–Trinajstić information content (AvgIpc) is 2.45. The van der Waals surface area contributed by atoms with Gasteiger partial charge in [0.15, 0.2) is 0 Å². The van der Waals surface area contributed by atoms with Gasteiger partial charge in [-0.3, -0.25) is 4.79 Å². The van der Waals surface area contributed by atoms with E-state index in [9.17, 15) is 9.59 Å². The molecule has 0 fully saturated rings. The molecule has 0 aliphatic rings. The molecular formula is C15H20ClNO3. The maximum atomic E-state index is 12.2. The second kappa shape index (κ2) is 7.90. The minimum atomic E-state index is -0.632. The number of carbonyl (C=O) groups excluding carboxylic acids is 2. The van der Waals surface area contributed by atoms with Crippen molar-refractivity contribution in [1.82, 2.24) is 5.32 Å². The summed E-state index contributed by atoms with van der Waals surface area (Å²) in [5.74, 6) is -0.116. The van der Waals surface area contributed by atoms with Crippen LogP contribution in [-0.4, -0.2) is 25.0 Å². The van der Waals surface area contributed by atoms with Gasteiger partial charge in [0.1, 0.15) is 6.04 Å². The molecule has 0 radical (unpaired) electrons. The van der Waals surface area contributed by atoms with Gasteiger partial charge in [-0.1, -0.05) is 26.0 Å². The zero-order valence-corrected chi connectivity index (χ0v) is 12.7. The summed E-state index contributed by atoms with van der Waals surface area (Å²) in [7, 11) is 1.32. The van der Waals surface area contributed by atoms with Crippen molar-refractivity contribution in [1.29, 1.82) is 0 Å². The Morgan fingerprint density at radius 1 is 1.35 bits per heavy atom. The highest BCUT2D eigenvalue weighted by atomic mass is 35.5. The van der Waals surface area contributed by atoms with Crippen LogP contribution in [0.15, 0.2) is 24.3 Å². The van der Waals surface area contributed by atoms with E-state index in [1.807, 2.05) is 19.9 Å². The van der Waals surface area contributed by atoms with Gasteiger partial charge in [-0.25, -0.2) is 4.79 Å². The third-order valence-corrected chi connectivity index (χ3v) is 3.15. The van der Waals surface area contributed by atoms with Crippen molar-refractivity contribution in [2.75, 3.05) is 7.11 Å². The van der Waals surface area contributed by atoms with E-state index in [0.29, 0.717) is 17.9 Å². The lowest BCUT2D eigenvalue weighted by atomic mass is 10.0. The molecule has 0 spiro atoms. The Morgan fingerprint density at radius 2 is 2.05 bits per heavy atom. The molecule has 110 valence electrons. The van der Waals surface area contributed by atoms with Crippen LogP contribution >= 0.6 is 11.6 Å². The van der Waals surface area contributed by atoms with Crippen LogP contribution in [0.4, 0.5) is 0 Å². The molecule has 5 heteroatoms. The van der Waals surface area contributed by atoms with Crippen molar-refractivity contribution >= 4 is 23.5 Å². The van der Waals surface area contributed by atoms with Crippen molar-refractivity contribution in [3.8, 4) is 0 Å². The molecule has 0 aromatic heterocycles. The summed E-state index contributed by atoms with van der Waals surface area (Å²) in [6.07, 6.45) is 0.535. The van der Waals surface area contributed by atoms with Crippen molar-refractivity contribution in [3.05, 3.63) is 35.4 Å². The van der Waals surface area contributed by atoms with Gasteiger partial charge in [0.2, 0.25) is 0 Å². The van der Waals surface area contributed by atoms with Crippen molar-refractivity contribution in [2.45, 2.75) is 32.2 Å². The smallest absolute Gasteiger partial charge is 0.328 e. The van der Waals surface area contributed by atoms with E-state index >= 15 is 0 Å². The molecule has 1 N–H and O–H groups in total. The lowest BCUT2D eigenvalue weighted by molar-refractivity contribution is -0.143. The third kappa shape index (κ3) is 4.85. The molecule has 0 bridgehead atoms. The number of esters is 1. The maximum Gasteiger partial charge on any atom is 0.328 e. The number of halogens is 1. The number of hydrogen-bond acceptors (Lipinski definition) is 3. The van der Waals surface area contributed by atoms with Crippen LogP contribution in [0.25, 0.3) is 0 Å². The van der Waals surface area contributed by atoms with Crippen LogP contribution in [0.2, 0.25) is 0 Å². The summed E-state index contributed by atoms with van der Waals surface area (Å²) in [4.78, 5) is 23.8. The van der Waals surface area contributed by atoms with Gasteiger partial charge in [-0.2, -0.15) is 0 Å². The first-order chi connectivity index (χ1) is 9.47. The number of rotatable bonds is 6. The number of benzene rings is 1. The largest absolute Gasteiger partial charge is 0.467 e. The van der Waals surface area contributed by atoms with E-state index in [-0.39, 0.29) is 11.8 Å². The van der Waals surface area contributed by atoms with Crippen LogP contribution < -0.4 is 5.32 Å². The minimum Gasteiger partial charge on any atom is -0.467 e. The summed E-state index contributed by atoms with van der Waals surface area (Å²) in [6, 6.07) is 6.38. The molecule has 1 atom stereocenters. The van der Waals surface area contributed by atoms with Gasteiger partial charge in [-0.15, -0.1) is 11.6 Å². The third-order valence-electron chi connectivity index (χ3n) is 2.84. The van der Waals surface area contributed by atoms with Gasteiger partial charge in [-0.05, 0) is 30.0 Å². The predicted octanol–water partition coefficient (Wildman–Crippen LogP) is 2.74. The maximum absolute atomic E-state index is 12.2. The fourth-order valence-electron chi connectivity index (χ4n) is 1.87. The molecule has 1 unspecified atom stereocenters. The minimum absolute atomic E-state index is 0.272. The molecule has 1 amide bonds. The zero-order valence-electron chi connectivity index (χ0n) is 12.0. The van der Waals surface area contributed by atoms with Crippen LogP contribution in [-0.2, 0) is 15.4 Å². The molecule has 1 rings (SSSR count). The second-order valence-corrected chi connectivity index (χ2v) is 5.28. The molecule has 20 heavy (non-hydrogen) atoms. The summed E-state index contributed by atoms with van der Waals surface area (Å²) >= 11 is 5.75. The normalized spacial score (nSPS) is 12.1. The van der Waals surface area contributed by atoms with Crippen molar-refractivity contribution in [3.63, 3.8) is 0 Å². The quantitative estimate of drug-likeness (QED) is 0.649. The van der Waals surface area contributed by atoms with E-state index in [4.69, 9.17) is 16.3 Å². The van der Waals surface area contributed by atoms with Crippen molar-refractivity contribution in [2.24, 2.45) is 5.92 Å². The second-order valence-electron chi connectivity index (χ2n) is 5.01. The first-order valence-corrected chi connectivity index (χ1v) is 7.05. The molecule has 0 saturated carbocycles. The summed E-state index contributed by atoms with van der Waals surface area (Å²) in [6.45, 7) is 3.96. The summed E-state index contributed by atoms with van der Waals surface area (Å²) in [5.41, 5.74) is 1.35. The van der Waals surface area contributed by atoms with Crippen LogP contribution in [0, 0.1) is 5.92 Å². The van der Waals surface area contributed by atoms with Crippen LogP contribution in [0.3, 0.4) is 0 Å². The lowest BCUT2D eigenvalue weighted by Gasteiger charge is -2.18. The van der Waals surface area contributed by atoms with E-state index in [1.165, 1.54) is 7.11 Å². The number of alkyl halides is 1. The Bertz CT molecular complexity index is 474. The highest BCUT2D eigenvalue weighted by Crippen LogP contribution is 2.10. The van der Waals surface area contributed by atoms with Gasteiger partial charge in [0.05, 0.1) is 7.11 Å². The molecule has 0 heterocycles. The number of carbonyl (C=O) groups is 2. The average molecular weight is 298 g/mol. The molecule has 4 nitrogen and oxygen atoms in total. The topological polar surface area (TPSA) is 55.4 Å². The van der Waals surface area contributed by atoms with E-state index in [2.05, 4.69) is 5.32 Å². The van der Waals surface area contributed by atoms with Gasteiger partial charge in [0.25, 0.3) is 5.91 Å². The summed E-state index contributed by atoms with van der Waals surface area (Å²) in [5, 5.41) is 2.71.